The Balaban J connectivity index is 1.69. The molecule has 28 heavy (non-hydrogen) atoms. The molecule has 0 bridgehead atoms. The quantitative estimate of drug-likeness (QED) is 0.619. The molecule has 0 aliphatic carbocycles. The molecule has 1 aliphatic rings. The van der Waals surface area contributed by atoms with Gasteiger partial charge in [0.2, 0.25) is 5.95 Å². The molecular formula is C20H18BrFN4O2. The van der Waals surface area contributed by atoms with Crippen LogP contribution in [0.15, 0.2) is 58.1 Å². The molecule has 0 N–H and O–H groups in total. The Morgan fingerprint density at radius 1 is 1.25 bits per heavy atom. The number of nitrogens with zero attached hydrogens (tertiary/aromatic N) is 4. The molecule has 1 aliphatic heterocycles. The molecule has 1 saturated heterocycles. The molecule has 3 aromatic rings. The van der Waals surface area contributed by atoms with E-state index in [1.165, 1.54) is 22.9 Å². The van der Waals surface area contributed by atoms with Gasteiger partial charge in [0, 0.05) is 35.9 Å². The Labute approximate surface area is 169 Å². The molecule has 1 aromatic carbocycles. The van der Waals surface area contributed by atoms with Crippen LogP contribution in [0.25, 0.3) is 11.3 Å². The minimum atomic E-state index is -0.510. The van der Waals surface area contributed by atoms with Crippen molar-refractivity contribution in [1.29, 1.82) is 0 Å². The van der Waals surface area contributed by atoms with E-state index in [4.69, 9.17) is 4.74 Å². The normalized spacial score (nSPS) is 17.0. The van der Waals surface area contributed by atoms with Crippen LogP contribution in [0.4, 0.5) is 10.3 Å². The van der Waals surface area contributed by atoms with Crippen LogP contribution in [0.3, 0.4) is 0 Å². The van der Waals surface area contributed by atoms with Crippen LogP contribution in [-0.4, -0.2) is 34.2 Å². The second kappa shape index (κ2) is 7.81. The molecule has 1 unspecified atom stereocenters. The summed E-state index contributed by atoms with van der Waals surface area (Å²) in [4.78, 5) is 22.8. The molecule has 1 fully saturated rings. The van der Waals surface area contributed by atoms with Gasteiger partial charge < -0.3 is 9.64 Å². The van der Waals surface area contributed by atoms with Crippen molar-refractivity contribution in [3.05, 3.63) is 75.0 Å². The van der Waals surface area contributed by atoms with Gasteiger partial charge in [-0.3, -0.25) is 14.3 Å². The van der Waals surface area contributed by atoms with Crippen molar-refractivity contribution in [2.24, 2.45) is 7.05 Å². The van der Waals surface area contributed by atoms with E-state index in [9.17, 15) is 9.18 Å². The molecule has 8 heteroatoms. The SMILES string of the molecule is Cn1c(N2CCOC(c3ccc(Br)cc3)C2)nc(-c2ccncc2F)cc1=O. The zero-order chi connectivity index (χ0) is 19.7. The van der Waals surface area contributed by atoms with Gasteiger partial charge in [0.15, 0.2) is 5.82 Å². The lowest BCUT2D eigenvalue weighted by molar-refractivity contribution is 0.0389. The predicted molar refractivity (Wildman–Crippen MR) is 108 cm³/mol. The first-order valence-corrected chi connectivity index (χ1v) is 9.62. The van der Waals surface area contributed by atoms with Crippen molar-refractivity contribution in [3.63, 3.8) is 0 Å². The van der Waals surface area contributed by atoms with E-state index in [0.29, 0.717) is 31.3 Å². The maximum atomic E-state index is 14.1. The Morgan fingerprint density at radius 2 is 2.04 bits per heavy atom. The largest absolute Gasteiger partial charge is 0.370 e. The van der Waals surface area contributed by atoms with Gasteiger partial charge in [-0.1, -0.05) is 28.1 Å². The highest BCUT2D eigenvalue weighted by molar-refractivity contribution is 9.10. The van der Waals surface area contributed by atoms with Crippen molar-refractivity contribution < 1.29 is 9.13 Å². The molecular weight excluding hydrogens is 427 g/mol. The fourth-order valence-corrected chi connectivity index (χ4v) is 3.51. The monoisotopic (exact) mass is 444 g/mol. The van der Waals surface area contributed by atoms with Crippen LogP contribution in [-0.2, 0) is 11.8 Å². The number of hydrogen-bond acceptors (Lipinski definition) is 5. The molecule has 0 radical (unpaired) electrons. The van der Waals surface area contributed by atoms with Gasteiger partial charge in [-0.2, -0.15) is 0 Å². The standard InChI is InChI=1S/C20H18BrFN4O2/c1-25-19(27)10-17(15-6-7-23-11-16(15)22)24-20(25)26-8-9-28-18(12-26)13-2-4-14(21)5-3-13/h2-7,10-11,18H,8-9,12H2,1H3. The third-order valence-corrected chi connectivity index (χ3v) is 5.28. The van der Waals surface area contributed by atoms with E-state index in [1.807, 2.05) is 29.2 Å². The Kier molecular flexibility index (Phi) is 5.23. The second-order valence-corrected chi connectivity index (χ2v) is 7.47. The maximum Gasteiger partial charge on any atom is 0.255 e. The van der Waals surface area contributed by atoms with Gasteiger partial charge in [0.25, 0.3) is 5.56 Å². The summed E-state index contributed by atoms with van der Waals surface area (Å²) in [5.74, 6) is -0.0203. The third-order valence-electron chi connectivity index (χ3n) is 4.75. The summed E-state index contributed by atoms with van der Waals surface area (Å²) in [7, 11) is 1.67. The van der Waals surface area contributed by atoms with Crippen LogP contribution < -0.4 is 10.5 Å². The van der Waals surface area contributed by atoms with E-state index in [1.54, 1.807) is 7.05 Å². The highest BCUT2D eigenvalue weighted by Crippen LogP contribution is 2.27. The first kappa shape index (κ1) is 18.8. The fraction of sp³-hybridized carbons (Fsp3) is 0.250. The van der Waals surface area contributed by atoms with Gasteiger partial charge >= 0.3 is 0 Å². The van der Waals surface area contributed by atoms with Crippen molar-refractivity contribution in [2.75, 3.05) is 24.6 Å². The van der Waals surface area contributed by atoms with E-state index in [-0.39, 0.29) is 17.2 Å². The average molecular weight is 445 g/mol. The molecule has 144 valence electrons. The smallest absolute Gasteiger partial charge is 0.255 e. The lowest BCUT2D eigenvalue weighted by atomic mass is 10.1. The minimum absolute atomic E-state index is 0.139. The van der Waals surface area contributed by atoms with Crippen LogP contribution in [0.5, 0.6) is 0 Å². The molecule has 0 saturated carbocycles. The van der Waals surface area contributed by atoms with Crippen LogP contribution >= 0.6 is 15.9 Å². The Hall–Kier alpha value is -2.58. The average Bonchev–Trinajstić information content (AvgIpc) is 2.71. The zero-order valence-electron chi connectivity index (χ0n) is 15.2. The number of benzene rings is 1. The van der Waals surface area contributed by atoms with Crippen LogP contribution in [0, 0.1) is 5.82 Å². The summed E-state index contributed by atoms with van der Waals surface area (Å²) in [6.45, 7) is 1.64. The summed E-state index contributed by atoms with van der Waals surface area (Å²) in [5, 5.41) is 0. The molecule has 0 spiro atoms. The van der Waals surface area contributed by atoms with Crippen molar-refractivity contribution in [2.45, 2.75) is 6.10 Å². The number of halogens is 2. The number of aromatic nitrogens is 3. The van der Waals surface area contributed by atoms with Gasteiger partial charge in [-0.05, 0) is 23.8 Å². The highest BCUT2D eigenvalue weighted by Gasteiger charge is 2.25. The van der Waals surface area contributed by atoms with E-state index in [2.05, 4.69) is 25.9 Å². The number of anilines is 1. The van der Waals surface area contributed by atoms with Gasteiger partial charge in [0.05, 0.1) is 25.0 Å². The molecule has 2 aromatic heterocycles. The highest BCUT2D eigenvalue weighted by atomic mass is 79.9. The summed E-state index contributed by atoms with van der Waals surface area (Å²) in [6.07, 6.45) is 2.46. The van der Waals surface area contributed by atoms with E-state index in [0.717, 1.165) is 16.2 Å². The lowest BCUT2D eigenvalue weighted by Crippen LogP contribution is -2.41. The van der Waals surface area contributed by atoms with Gasteiger partial charge in [-0.25, -0.2) is 9.37 Å². The summed E-state index contributed by atoms with van der Waals surface area (Å²) < 4.78 is 22.5. The van der Waals surface area contributed by atoms with E-state index >= 15 is 0 Å². The number of rotatable bonds is 3. The molecule has 3 heterocycles. The number of pyridine rings is 1. The summed E-state index contributed by atoms with van der Waals surface area (Å²) >= 11 is 3.44. The van der Waals surface area contributed by atoms with Gasteiger partial charge in [-0.15, -0.1) is 0 Å². The number of hydrogen-bond donors (Lipinski definition) is 0. The lowest BCUT2D eigenvalue weighted by Gasteiger charge is -2.34. The summed E-state index contributed by atoms with van der Waals surface area (Å²) in [6, 6.07) is 10.8. The van der Waals surface area contributed by atoms with Crippen LogP contribution in [0.1, 0.15) is 11.7 Å². The molecule has 1 atom stereocenters. The molecule has 0 amide bonds. The van der Waals surface area contributed by atoms with Crippen LogP contribution in [0.2, 0.25) is 0 Å². The number of ether oxygens (including phenoxy) is 1. The molecule has 6 nitrogen and oxygen atoms in total. The minimum Gasteiger partial charge on any atom is -0.370 e. The van der Waals surface area contributed by atoms with E-state index < -0.39 is 5.82 Å². The van der Waals surface area contributed by atoms with Crippen molar-refractivity contribution >= 4 is 21.9 Å². The Bertz CT molecular complexity index is 1050. The second-order valence-electron chi connectivity index (χ2n) is 6.55. The van der Waals surface area contributed by atoms with Gasteiger partial charge in [0.1, 0.15) is 6.10 Å². The van der Waals surface area contributed by atoms with Crippen molar-refractivity contribution in [3.8, 4) is 11.3 Å². The first-order chi connectivity index (χ1) is 13.5. The Morgan fingerprint density at radius 3 is 2.79 bits per heavy atom. The third kappa shape index (κ3) is 3.70. The molecule has 4 rings (SSSR count). The fourth-order valence-electron chi connectivity index (χ4n) is 3.24. The topological polar surface area (TPSA) is 60.2 Å². The maximum absolute atomic E-state index is 14.1. The predicted octanol–water partition coefficient (Wildman–Crippen LogP) is 3.32. The number of morpholine rings is 1. The first-order valence-electron chi connectivity index (χ1n) is 8.83. The zero-order valence-corrected chi connectivity index (χ0v) is 16.8. The summed E-state index contributed by atoms with van der Waals surface area (Å²) in [5.41, 5.74) is 1.36. The van der Waals surface area contributed by atoms with Crippen molar-refractivity contribution in [1.82, 2.24) is 14.5 Å².